The lowest BCUT2D eigenvalue weighted by Crippen LogP contribution is -2.37. The fourth-order valence-electron chi connectivity index (χ4n) is 1.96. The highest BCUT2D eigenvalue weighted by atomic mass is 79.9. The molecule has 0 aliphatic carbocycles. The molecule has 0 aromatic heterocycles. The average molecular weight is 363 g/mol. The van der Waals surface area contributed by atoms with E-state index in [1.807, 2.05) is 0 Å². The summed E-state index contributed by atoms with van der Waals surface area (Å²) in [5, 5.41) is 11.8. The second-order valence-electron chi connectivity index (χ2n) is 4.57. The summed E-state index contributed by atoms with van der Waals surface area (Å²) in [5.41, 5.74) is 1.27. The van der Waals surface area contributed by atoms with E-state index in [9.17, 15) is 13.2 Å². The zero-order valence-electron chi connectivity index (χ0n) is 10.8. The molecule has 1 heterocycles. The van der Waals surface area contributed by atoms with Crippen LogP contribution < -0.4 is 10.0 Å². The third-order valence-corrected chi connectivity index (χ3v) is 5.59. The number of amides is 1. The monoisotopic (exact) mass is 362 g/mol. The summed E-state index contributed by atoms with van der Waals surface area (Å²) in [6, 6.07) is 2.53. The van der Waals surface area contributed by atoms with Gasteiger partial charge in [0.2, 0.25) is 15.9 Å². The zero-order valence-corrected chi connectivity index (χ0v) is 13.2. The van der Waals surface area contributed by atoms with Crippen molar-refractivity contribution in [3.63, 3.8) is 0 Å². The first-order valence-corrected chi connectivity index (χ1v) is 8.40. The minimum atomic E-state index is -3.75. The summed E-state index contributed by atoms with van der Waals surface area (Å²) in [4.78, 5) is 11.4. The van der Waals surface area contributed by atoms with Gasteiger partial charge in [-0.15, -0.1) is 0 Å². The second kappa shape index (κ2) is 5.80. The Balaban J connectivity index is 2.38. The molecule has 0 fully saturated rings. The van der Waals surface area contributed by atoms with Gasteiger partial charge in [0.25, 0.3) is 0 Å². The average Bonchev–Trinajstić information content (AvgIpc) is 2.74. The van der Waals surface area contributed by atoms with E-state index in [0.29, 0.717) is 22.1 Å². The molecule has 2 rings (SSSR count). The van der Waals surface area contributed by atoms with Crippen LogP contribution in [-0.4, -0.2) is 32.1 Å². The summed E-state index contributed by atoms with van der Waals surface area (Å²) >= 11 is 3.21. The predicted molar refractivity (Wildman–Crippen MR) is 78.0 cm³/mol. The van der Waals surface area contributed by atoms with Crippen LogP contribution in [0.2, 0.25) is 0 Å². The van der Waals surface area contributed by atoms with E-state index < -0.39 is 16.1 Å². The van der Waals surface area contributed by atoms with E-state index in [1.165, 1.54) is 6.07 Å². The van der Waals surface area contributed by atoms with Crippen LogP contribution in [0, 0.1) is 0 Å². The maximum absolute atomic E-state index is 12.3. The number of rotatable bonds is 5. The zero-order chi connectivity index (χ0) is 14.9. The molecule has 1 atom stereocenters. The van der Waals surface area contributed by atoms with E-state index in [2.05, 4.69) is 26.0 Å². The smallest absolute Gasteiger partial charge is 0.242 e. The highest BCUT2D eigenvalue weighted by molar-refractivity contribution is 9.10. The number of anilines is 1. The maximum atomic E-state index is 12.3. The molecule has 6 nitrogen and oxygen atoms in total. The van der Waals surface area contributed by atoms with Gasteiger partial charge in [0, 0.05) is 16.2 Å². The molecule has 1 aliphatic heterocycles. The molecule has 1 aromatic rings. The lowest BCUT2D eigenvalue weighted by molar-refractivity contribution is -0.115. The van der Waals surface area contributed by atoms with Crippen molar-refractivity contribution in [3.8, 4) is 0 Å². The number of nitrogens with one attached hydrogen (secondary N) is 2. The topological polar surface area (TPSA) is 95.5 Å². The largest absolute Gasteiger partial charge is 0.395 e. The molecule has 1 aliphatic rings. The number of aliphatic hydroxyl groups is 1. The summed E-state index contributed by atoms with van der Waals surface area (Å²) in [5.74, 6) is -0.156. The Hall–Kier alpha value is -0.960. The first-order valence-electron chi connectivity index (χ1n) is 6.13. The van der Waals surface area contributed by atoms with Crippen molar-refractivity contribution in [1.29, 1.82) is 0 Å². The van der Waals surface area contributed by atoms with Gasteiger partial charge in [0.05, 0.1) is 17.9 Å². The van der Waals surface area contributed by atoms with Crippen LogP contribution in [0.1, 0.15) is 18.9 Å². The molecule has 0 saturated heterocycles. The summed E-state index contributed by atoms with van der Waals surface area (Å²) in [7, 11) is -3.75. The number of sulfonamides is 1. The minimum absolute atomic E-state index is 0.0691. The molecule has 0 bridgehead atoms. The number of hydrogen-bond donors (Lipinski definition) is 3. The highest BCUT2D eigenvalue weighted by Gasteiger charge is 2.26. The van der Waals surface area contributed by atoms with Crippen LogP contribution in [0.5, 0.6) is 0 Å². The van der Waals surface area contributed by atoms with Crippen molar-refractivity contribution in [2.45, 2.75) is 30.7 Å². The van der Waals surface area contributed by atoms with Gasteiger partial charge in [-0.25, -0.2) is 13.1 Å². The highest BCUT2D eigenvalue weighted by Crippen LogP contribution is 2.32. The number of carbonyl (C=O) groups excluding carboxylic acids is 1. The van der Waals surface area contributed by atoms with Crippen LogP contribution in [0.4, 0.5) is 5.69 Å². The molecule has 110 valence electrons. The normalized spacial score (nSPS) is 15.8. The van der Waals surface area contributed by atoms with Crippen molar-refractivity contribution in [2.24, 2.45) is 0 Å². The molecule has 8 heteroatoms. The molecular weight excluding hydrogens is 348 g/mol. The third-order valence-electron chi connectivity index (χ3n) is 3.11. The third kappa shape index (κ3) is 3.03. The quantitative estimate of drug-likeness (QED) is 0.727. The minimum Gasteiger partial charge on any atom is -0.395 e. The van der Waals surface area contributed by atoms with Gasteiger partial charge in [-0.05, 0) is 40.0 Å². The molecular formula is C12H15BrN2O4S. The van der Waals surface area contributed by atoms with E-state index in [4.69, 9.17) is 5.11 Å². The SMILES string of the molecule is CCC(CO)NS(=O)(=O)c1cc2c(cc1Br)NC(=O)C2. The van der Waals surface area contributed by atoms with Gasteiger partial charge < -0.3 is 10.4 Å². The van der Waals surface area contributed by atoms with Crippen molar-refractivity contribution < 1.29 is 18.3 Å². The number of aliphatic hydroxyl groups excluding tert-OH is 1. The first kappa shape index (κ1) is 15.4. The molecule has 1 unspecified atom stereocenters. The number of fused-ring (bicyclic) bond motifs is 1. The van der Waals surface area contributed by atoms with E-state index in [0.717, 1.165) is 0 Å². The van der Waals surface area contributed by atoms with Crippen molar-refractivity contribution in [2.75, 3.05) is 11.9 Å². The number of carbonyl (C=O) groups is 1. The Morgan fingerprint density at radius 1 is 1.50 bits per heavy atom. The van der Waals surface area contributed by atoms with Gasteiger partial charge in [-0.1, -0.05) is 6.92 Å². The van der Waals surface area contributed by atoms with Crippen molar-refractivity contribution >= 4 is 37.5 Å². The maximum Gasteiger partial charge on any atom is 0.242 e. The van der Waals surface area contributed by atoms with E-state index >= 15 is 0 Å². The standard InChI is InChI=1S/C12H15BrN2O4S/c1-2-8(6-16)15-20(18,19)11-3-7-4-12(17)14-10(7)5-9(11)13/h3,5,8,15-16H,2,4,6H2,1H3,(H,14,17). The first-order chi connectivity index (χ1) is 9.37. The Bertz CT molecular complexity index is 641. The predicted octanol–water partition coefficient (Wildman–Crippen LogP) is 0.993. The number of halogens is 1. The van der Waals surface area contributed by atoms with E-state index in [1.54, 1.807) is 13.0 Å². The Kier molecular flexibility index (Phi) is 4.48. The molecule has 0 spiro atoms. The molecule has 0 saturated carbocycles. The van der Waals surface area contributed by atoms with E-state index in [-0.39, 0.29) is 23.8 Å². The van der Waals surface area contributed by atoms with Crippen LogP contribution in [-0.2, 0) is 21.2 Å². The van der Waals surface area contributed by atoms with Gasteiger partial charge >= 0.3 is 0 Å². The molecule has 1 aromatic carbocycles. The van der Waals surface area contributed by atoms with Crippen LogP contribution in [0.15, 0.2) is 21.5 Å². The summed E-state index contributed by atoms with van der Waals surface area (Å²) in [6.07, 6.45) is 0.653. The summed E-state index contributed by atoms with van der Waals surface area (Å²) in [6.45, 7) is 1.52. The van der Waals surface area contributed by atoms with Crippen LogP contribution in [0.25, 0.3) is 0 Å². The lowest BCUT2D eigenvalue weighted by atomic mass is 10.2. The lowest BCUT2D eigenvalue weighted by Gasteiger charge is -2.16. The van der Waals surface area contributed by atoms with Crippen LogP contribution in [0.3, 0.4) is 0 Å². The fourth-order valence-corrected chi connectivity index (χ4v) is 4.37. The van der Waals surface area contributed by atoms with Gasteiger partial charge in [-0.3, -0.25) is 4.79 Å². The van der Waals surface area contributed by atoms with Gasteiger partial charge in [-0.2, -0.15) is 0 Å². The number of hydrogen-bond acceptors (Lipinski definition) is 4. The fraction of sp³-hybridized carbons (Fsp3) is 0.417. The molecule has 20 heavy (non-hydrogen) atoms. The Morgan fingerprint density at radius 2 is 2.20 bits per heavy atom. The Morgan fingerprint density at radius 3 is 2.80 bits per heavy atom. The van der Waals surface area contributed by atoms with Gasteiger partial charge in [0.15, 0.2) is 0 Å². The van der Waals surface area contributed by atoms with Gasteiger partial charge in [0.1, 0.15) is 0 Å². The van der Waals surface area contributed by atoms with Crippen LogP contribution >= 0.6 is 15.9 Å². The molecule has 0 radical (unpaired) electrons. The second-order valence-corrected chi connectivity index (χ2v) is 7.11. The Labute approximate surface area is 125 Å². The van der Waals surface area contributed by atoms with Crippen molar-refractivity contribution in [3.05, 3.63) is 22.2 Å². The molecule has 3 N–H and O–H groups in total. The molecule has 1 amide bonds. The van der Waals surface area contributed by atoms with Crippen molar-refractivity contribution in [1.82, 2.24) is 4.72 Å². The number of benzene rings is 1. The summed E-state index contributed by atoms with van der Waals surface area (Å²) < 4.78 is 27.4.